The van der Waals surface area contributed by atoms with Crippen molar-refractivity contribution < 1.29 is 18.3 Å². The summed E-state index contributed by atoms with van der Waals surface area (Å²) in [4.78, 5) is 15.7. The molecule has 2 rings (SSSR count). The number of nitrogens with zero attached hydrogens (tertiary/aromatic N) is 1. The molecule has 0 saturated carbocycles. The van der Waals surface area contributed by atoms with Crippen molar-refractivity contribution in [2.24, 2.45) is 0 Å². The highest BCUT2D eigenvalue weighted by Crippen LogP contribution is 2.18. The maximum absolute atomic E-state index is 12.0. The molecule has 0 aliphatic carbocycles. The summed E-state index contributed by atoms with van der Waals surface area (Å²) in [6, 6.07) is 8.48. The molecule has 1 heterocycles. The van der Waals surface area contributed by atoms with Crippen LogP contribution in [0.5, 0.6) is 5.75 Å². The largest absolute Gasteiger partial charge is 0.435 e. The second-order valence-electron chi connectivity index (χ2n) is 3.85. The number of aromatic nitrogens is 1. The molecule has 0 radical (unpaired) electrons. The van der Waals surface area contributed by atoms with Crippen molar-refractivity contribution in [3.05, 3.63) is 47.2 Å². The molecular weight excluding hydrogens is 348 g/mol. The van der Waals surface area contributed by atoms with Gasteiger partial charge in [0.2, 0.25) is 0 Å². The van der Waals surface area contributed by atoms with Gasteiger partial charge in [0.1, 0.15) is 10.4 Å². The molecule has 0 spiro atoms. The van der Waals surface area contributed by atoms with Gasteiger partial charge in [-0.3, -0.25) is 0 Å². The highest BCUT2D eigenvalue weighted by Gasteiger charge is 2.06. The van der Waals surface area contributed by atoms with Crippen molar-refractivity contribution in [1.29, 1.82) is 0 Å². The van der Waals surface area contributed by atoms with Crippen LogP contribution in [0.25, 0.3) is 0 Å². The molecule has 0 unspecified atom stereocenters. The molecule has 0 atom stereocenters. The third-order valence-electron chi connectivity index (χ3n) is 2.32. The summed E-state index contributed by atoms with van der Waals surface area (Å²) in [6.07, 6.45) is 1.49. The molecule has 2 N–H and O–H groups in total. The Balaban J connectivity index is 1.91. The van der Waals surface area contributed by atoms with Gasteiger partial charge in [0.25, 0.3) is 0 Å². The number of nitrogens with one attached hydrogen (secondary N) is 2. The van der Waals surface area contributed by atoms with Crippen molar-refractivity contribution in [1.82, 2.24) is 4.98 Å². The molecule has 110 valence electrons. The highest BCUT2D eigenvalue weighted by molar-refractivity contribution is 9.10. The Morgan fingerprint density at radius 2 is 1.71 bits per heavy atom. The summed E-state index contributed by atoms with van der Waals surface area (Å²) in [5.41, 5.74) is 0.965. The van der Waals surface area contributed by atoms with E-state index >= 15 is 0 Å². The Kier molecular flexibility index (Phi) is 5.04. The number of halogens is 3. The number of rotatable bonds is 4. The van der Waals surface area contributed by atoms with E-state index in [-0.39, 0.29) is 5.75 Å². The van der Waals surface area contributed by atoms with Gasteiger partial charge >= 0.3 is 12.6 Å². The molecule has 1 aromatic heterocycles. The lowest BCUT2D eigenvalue weighted by Gasteiger charge is -2.08. The molecule has 5 nitrogen and oxygen atoms in total. The predicted molar refractivity (Wildman–Crippen MR) is 77.7 cm³/mol. The van der Waals surface area contributed by atoms with Gasteiger partial charge in [-0.05, 0) is 52.3 Å². The number of amides is 2. The van der Waals surface area contributed by atoms with E-state index in [4.69, 9.17) is 0 Å². The summed E-state index contributed by atoms with van der Waals surface area (Å²) >= 11 is 3.18. The Labute approximate surface area is 127 Å². The number of anilines is 2. The Hall–Kier alpha value is -2.22. The summed E-state index contributed by atoms with van der Waals surface area (Å²) < 4.78 is 28.8. The average Bonchev–Trinajstić information content (AvgIpc) is 2.43. The predicted octanol–water partition coefficient (Wildman–Crippen LogP) is 4.09. The first-order valence-electron chi connectivity index (χ1n) is 5.77. The molecule has 0 saturated heterocycles. The number of pyridine rings is 1. The fourth-order valence-electron chi connectivity index (χ4n) is 1.46. The molecule has 0 aliphatic rings. The lowest BCUT2D eigenvalue weighted by atomic mass is 10.3. The van der Waals surface area contributed by atoms with Crippen LogP contribution in [-0.2, 0) is 0 Å². The fraction of sp³-hybridized carbons (Fsp3) is 0.0769. The van der Waals surface area contributed by atoms with Gasteiger partial charge in [-0.15, -0.1) is 0 Å². The fourth-order valence-corrected chi connectivity index (χ4v) is 1.70. The van der Waals surface area contributed by atoms with Crippen LogP contribution in [0.15, 0.2) is 47.2 Å². The standard InChI is InChI=1S/C13H10BrF2N3O2/c14-11-6-3-9(7-17-11)19-13(20)18-8-1-4-10(5-2-8)21-12(15)16/h1-7,12H,(H2,18,19,20). The highest BCUT2D eigenvalue weighted by atomic mass is 79.9. The van der Waals surface area contributed by atoms with Crippen molar-refractivity contribution in [2.75, 3.05) is 10.6 Å². The first kappa shape index (κ1) is 15.2. The minimum Gasteiger partial charge on any atom is -0.435 e. The minimum atomic E-state index is -2.88. The SMILES string of the molecule is O=C(Nc1ccc(OC(F)F)cc1)Nc1ccc(Br)nc1. The van der Waals surface area contributed by atoms with E-state index in [1.807, 2.05) is 0 Å². The molecule has 8 heteroatoms. The number of ether oxygens (including phenoxy) is 1. The first-order valence-corrected chi connectivity index (χ1v) is 6.56. The maximum atomic E-state index is 12.0. The second kappa shape index (κ2) is 6.98. The normalized spacial score (nSPS) is 10.3. The molecule has 2 amide bonds. The van der Waals surface area contributed by atoms with Gasteiger partial charge in [0.15, 0.2) is 0 Å². The third kappa shape index (κ3) is 4.99. The quantitative estimate of drug-likeness (QED) is 0.810. The van der Waals surface area contributed by atoms with Crippen molar-refractivity contribution in [2.45, 2.75) is 6.61 Å². The van der Waals surface area contributed by atoms with E-state index in [0.29, 0.717) is 16.0 Å². The zero-order valence-corrected chi connectivity index (χ0v) is 12.1. The number of hydrogen-bond acceptors (Lipinski definition) is 3. The van der Waals surface area contributed by atoms with Gasteiger partial charge in [0, 0.05) is 5.69 Å². The van der Waals surface area contributed by atoms with Crippen LogP contribution in [0, 0.1) is 0 Å². The molecular formula is C13H10BrF2N3O2. The number of hydrogen-bond donors (Lipinski definition) is 2. The molecule has 1 aromatic carbocycles. The van der Waals surface area contributed by atoms with Gasteiger partial charge < -0.3 is 15.4 Å². The van der Waals surface area contributed by atoms with E-state index < -0.39 is 12.6 Å². The number of urea groups is 1. The number of carbonyl (C=O) groups is 1. The van der Waals surface area contributed by atoms with E-state index in [2.05, 4.69) is 36.3 Å². The Morgan fingerprint density at radius 1 is 1.10 bits per heavy atom. The van der Waals surface area contributed by atoms with Crippen LogP contribution in [0.4, 0.5) is 25.0 Å². The zero-order chi connectivity index (χ0) is 15.2. The molecule has 2 aromatic rings. The molecule has 21 heavy (non-hydrogen) atoms. The summed E-state index contributed by atoms with van der Waals surface area (Å²) in [5, 5.41) is 5.13. The molecule has 0 aliphatic heterocycles. The van der Waals surface area contributed by atoms with Gasteiger partial charge in [-0.25, -0.2) is 9.78 Å². The van der Waals surface area contributed by atoms with Crippen LogP contribution in [0.2, 0.25) is 0 Å². The molecule has 0 bridgehead atoms. The summed E-state index contributed by atoms with van der Waals surface area (Å²) in [5.74, 6) is 0.0214. The smallest absolute Gasteiger partial charge is 0.387 e. The minimum absolute atomic E-state index is 0.0214. The van der Waals surface area contributed by atoms with E-state index in [1.165, 1.54) is 30.5 Å². The van der Waals surface area contributed by atoms with Crippen LogP contribution in [0.1, 0.15) is 0 Å². The van der Waals surface area contributed by atoms with E-state index in [0.717, 1.165) is 0 Å². The number of benzene rings is 1. The van der Waals surface area contributed by atoms with Gasteiger partial charge in [-0.1, -0.05) is 0 Å². The topological polar surface area (TPSA) is 63.2 Å². The maximum Gasteiger partial charge on any atom is 0.387 e. The lowest BCUT2D eigenvalue weighted by molar-refractivity contribution is -0.0498. The van der Waals surface area contributed by atoms with Crippen LogP contribution < -0.4 is 15.4 Å². The van der Waals surface area contributed by atoms with Crippen molar-refractivity contribution >= 4 is 33.3 Å². The number of alkyl halides is 2. The average molecular weight is 358 g/mol. The molecule has 0 fully saturated rings. The summed E-state index contributed by atoms with van der Waals surface area (Å²) in [7, 11) is 0. The van der Waals surface area contributed by atoms with Crippen molar-refractivity contribution in [3.8, 4) is 5.75 Å². The van der Waals surface area contributed by atoms with Crippen molar-refractivity contribution in [3.63, 3.8) is 0 Å². The first-order chi connectivity index (χ1) is 10.0. The second-order valence-corrected chi connectivity index (χ2v) is 4.66. The third-order valence-corrected chi connectivity index (χ3v) is 2.79. The van der Waals surface area contributed by atoms with E-state index in [9.17, 15) is 13.6 Å². The number of carbonyl (C=O) groups excluding carboxylic acids is 1. The Bertz CT molecular complexity index is 606. The summed E-state index contributed by atoms with van der Waals surface area (Å²) in [6.45, 7) is -2.88. The van der Waals surface area contributed by atoms with Crippen LogP contribution in [-0.4, -0.2) is 17.6 Å². The van der Waals surface area contributed by atoms with E-state index in [1.54, 1.807) is 12.1 Å². The van der Waals surface area contributed by atoms with Crippen LogP contribution >= 0.6 is 15.9 Å². The Morgan fingerprint density at radius 3 is 2.29 bits per heavy atom. The van der Waals surface area contributed by atoms with Gasteiger partial charge in [0.05, 0.1) is 11.9 Å². The lowest BCUT2D eigenvalue weighted by Crippen LogP contribution is -2.19. The monoisotopic (exact) mass is 357 g/mol. The zero-order valence-electron chi connectivity index (χ0n) is 10.5. The van der Waals surface area contributed by atoms with Crippen LogP contribution in [0.3, 0.4) is 0 Å². The van der Waals surface area contributed by atoms with Gasteiger partial charge in [-0.2, -0.15) is 8.78 Å².